The van der Waals surface area contributed by atoms with E-state index in [9.17, 15) is 16.7 Å². The van der Waals surface area contributed by atoms with E-state index in [1.54, 1.807) is 24.3 Å². The molecule has 0 fully saturated rings. The third kappa shape index (κ3) is 4.39. The van der Waals surface area contributed by atoms with E-state index in [4.69, 9.17) is 10.2 Å². The van der Waals surface area contributed by atoms with Crippen LogP contribution in [0, 0.1) is 0 Å². The number of carboxylic acid groups (broad SMARTS) is 1. The van der Waals surface area contributed by atoms with E-state index < -0.39 is 32.7 Å². The molecule has 24 heavy (non-hydrogen) atoms. The number of hydrogen-bond acceptors (Lipinski definition) is 5. The molecule has 0 aliphatic heterocycles. The number of aliphatic hydroxyl groups is 1. The van der Waals surface area contributed by atoms with Crippen molar-refractivity contribution in [3.05, 3.63) is 54.1 Å². The van der Waals surface area contributed by atoms with Crippen LogP contribution in [0.25, 0.3) is 0 Å². The fourth-order valence-corrected chi connectivity index (χ4v) is 3.50. The van der Waals surface area contributed by atoms with Crippen LogP contribution < -0.4 is 4.35 Å². The number of carbonyl (C=O) groups is 1. The quantitative estimate of drug-likeness (QED) is 0.423. The summed E-state index contributed by atoms with van der Waals surface area (Å²) in [5.41, 5.74) is 0.709. The molecule has 0 aliphatic carbocycles. The Labute approximate surface area is 140 Å². The summed E-state index contributed by atoms with van der Waals surface area (Å²) < 4.78 is 30.0. The fraction of sp³-hybridized carbons (Fsp3) is 0.133. The van der Waals surface area contributed by atoms with Gasteiger partial charge in [-0.25, -0.2) is 0 Å². The monoisotopic (exact) mass is 394 g/mol. The summed E-state index contributed by atoms with van der Waals surface area (Å²) in [6, 6.07) is 11.9. The van der Waals surface area contributed by atoms with Gasteiger partial charge < -0.3 is 0 Å². The van der Waals surface area contributed by atoms with Crippen molar-refractivity contribution in [3.63, 3.8) is 0 Å². The number of aliphatic carboxylic acids is 1. The average molecular weight is 394 g/mol. The molecule has 2 rings (SSSR count). The van der Waals surface area contributed by atoms with Crippen LogP contribution in [-0.2, 0) is 8.53 Å². The Morgan fingerprint density at radius 3 is 2.42 bits per heavy atom. The normalized spacial score (nSPS) is 13.1. The Hall–Kier alpha value is -2.25. The van der Waals surface area contributed by atoms with Gasteiger partial charge in [-0.2, -0.15) is 0 Å². The van der Waals surface area contributed by atoms with Gasteiger partial charge in [-0.1, -0.05) is 0 Å². The van der Waals surface area contributed by atoms with Crippen molar-refractivity contribution in [2.75, 3.05) is 6.61 Å². The van der Waals surface area contributed by atoms with Crippen LogP contribution in [0.15, 0.2) is 58.8 Å². The third-order valence-corrected chi connectivity index (χ3v) is 5.33. The first-order valence-electron chi connectivity index (χ1n) is 6.83. The third-order valence-electron chi connectivity index (χ3n) is 3.22. The molecule has 2 aromatic carbocycles. The van der Waals surface area contributed by atoms with Crippen LogP contribution >= 0.6 is 0 Å². The molecular weight excluding hydrogens is 379 g/mol. The van der Waals surface area contributed by atoms with Crippen molar-refractivity contribution < 1.29 is 26.9 Å². The van der Waals surface area contributed by atoms with E-state index in [0.29, 0.717) is 11.3 Å². The topological polar surface area (TPSA) is 140 Å². The van der Waals surface area contributed by atoms with Gasteiger partial charge in [0.1, 0.15) is 0 Å². The van der Waals surface area contributed by atoms with Crippen molar-refractivity contribution in [2.45, 2.75) is 5.92 Å². The van der Waals surface area contributed by atoms with Crippen molar-refractivity contribution in [3.8, 4) is 0 Å². The molecule has 4 N–H and O–H groups in total. The first kappa shape index (κ1) is 18.1. The number of nitrogens with zero attached hydrogens (tertiary/aromatic N) is 2. The Balaban J connectivity index is 2.34. The number of rotatable bonds is 6. The second-order valence-corrected chi connectivity index (χ2v) is 8.19. The second-order valence-electron chi connectivity index (χ2n) is 4.90. The Bertz CT molecular complexity index is 817. The van der Waals surface area contributed by atoms with Gasteiger partial charge in [0.15, 0.2) is 0 Å². The zero-order valence-electron chi connectivity index (χ0n) is 12.4. The molecule has 0 saturated carbocycles. The van der Waals surface area contributed by atoms with Crippen LogP contribution in [0.3, 0.4) is 0 Å². The van der Waals surface area contributed by atoms with Crippen LogP contribution in [-0.4, -0.2) is 45.2 Å². The van der Waals surface area contributed by atoms with Crippen LogP contribution in [0.2, 0.25) is 0 Å². The number of azo groups is 1. The van der Waals surface area contributed by atoms with Gasteiger partial charge in [0.2, 0.25) is 0 Å². The minimum absolute atomic E-state index is 0.0485. The molecule has 0 heterocycles. The molecule has 1 atom stereocenters. The van der Waals surface area contributed by atoms with E-state index in [-0.39, 0.29) is 10.0 Å². The maximum atomic E-state index is 11.5. The van der Waals surface area contributed by atoms with E-state index in [2.05, 4.69) is 10.2 Å². The summed E-state index contributed by atoms with van der Waals surface area (Å²) in [6.45, 7) is -0.556. The molecule has 0 amide bonds. The zero-order valence-corrected chi connectivity index (χ0v) is 14.2. The SMILES string of the molecule is O=C(O)C(CO)c1cccc(N=Nc2ccccc2[As](=O)(O)O)c1. The van der Waals surface area contributed by atoms with Gasteiger partial charge >= 0.3 is 140 Å². The first-order valence-corrected chi connectivity index (χ1v) is 10.2. The molecule has 8 nitrogen and oxygen atoms in total. The standard InChI is InChI=1S/C15H15AsN2O6/c19-9-12(15(20)21)10-4-3-5-11(8-10)17-18-14-7-2-1-6-13(14)16(22,23)24/h1-8,12,19H,9H2,(H,20,21)(H2,22,23,24). The molecular formula is C15H15AsN2O6. The number of aliphatic hydroxyl groups excluding tert-OH is 1. The molecule has 0 aliphatic rings. The Kier molecular flexibility index (Phi) is 5.69. The van der Waals surface area contributed by atoms with Gasteiger partial charge in [-0.15, -0.1) is 0 Å². The van der Waals surface area contributed by atoms with E-state index >= 15 is 0 Å². The van der Waals surface area contributed by atoms with Crippen molar-refractivity contribution in [1.29, 1.82) is 0 Å². The molecule has 1 unspecified atom stereocenters. The molecule has 9 heteroatoms. The van der Waals surface area contributed by atoms with Crippen LogP contribution in [0.5, 0.6) is 0 Å². The van der Waals surface area contributed by atoms with Crippen LogP contribution in [0.4, 0.5) is 11.4 Å². The first-order chi connectivity index (χ1) is 11.3. The van der Waals surface area contributed by atoms with Gasteiger partial charge in [-0.05, 0) is 0 Å². The molecule has 0 bridgehead atoms. The summed E-state index contributed by atoms with van der Waals surface area (Å²) in [5, 5.41) is 26.0. The minimum atomic E-state index is -5.13. The molecule has 2 aromatic rings. The number of benzene rings is 2. The van der Waals surface area contributed by atoms with Gasteiger partial charge in [0.25, 0.3) is 0 Å². The summed E-state index contributed by atoms with van der Waals surface area (Å²) in [4.78, 5) is 11.1. The zero-order chi connectivity index (χ0) is 17.7. The molecule has 0 spiro atoms. The van der Waals surface area contributed by atoms with Gasteiger partial charge in [-0.3, -0.25) is 0 Å². The molecule has 0 saturated heterocycles. The average Bonchev–Trinajstić information content (AvgIpc) is 2.53. The molecule has 126 valence electrons. The van der Waals surface area contributed by atoms with E-state index in [0.717, 1.165) is 0 Å². The van der Waals surface area contributed by atoms with Gasteiger partial charge in [0.05, 0.1) is 0 Å². The van der Waals surface area contributed by atoms with E-state index in [1.807, 2.05) is 0 Å². The van der Waals surface area contributed by atoms with Gasteiger partial charge in [0, 0.05) is 0 Å². The summed E-state index contributed by atoms with van der Waals surface area (Å²) in [6.07, 6.45) is 0. The van der Waals surface area contributed by atoms with Crippen molar-refractivity contribution in [2.24, 2.45) is 10.2 Å². The predicted molar refractivity (Wildman–Crippen MR) is 85.0 cm³/mol. The summed E-state index contributed by atoms with van der Waals surface area (Å²) in [7, 11) is 0. The Morgan fingerprint density at radius 1 is 1.08 bits per heavy atom. The van der Waals surface area contributed by atoms with Crippen molar-refractivity contribution in [1.82, 2.24) is 0 Å². The number of hydrogen-bond donors (Lipinski definition) is 4. The Morgan fingerprint density at radius 2 is 1.79 bits per heavy atom. The molecule has 0 radical (unpaired) electrons. The number of carboxylic acids is 1. The predicted octanol–water partition coefficient (Wildman–Crippen LogP) is 0.823. The summed E-state index contributed by atoms with van der Waals surface area (Å²) >= 11 is -5.13. The maximum absolute atomic E-state index is 11.5. The fourth-order valence-electron chi connectivity index (χ4n) is 2.04. The van der Waals surface area contributed by atoms with Crippen LogP contribution in [0.1, 0.15) is 11.5 Å². The summed E-state index contributed by atoms with van der Waals surface area (Å²) in [5.74, 6) is -2.24. The molecule has 0 aromatic heterocycles. The second kappa shape index (κ2) is 7.55. The van der Waals surface area contributed by atoms with Crippen molar-refractivity contribution >= 4 is 35.9 Å². The van der Waals surface area contributed by atoms with E-state index in [1.165, 1.54) is 24.3 Å².